The lowest BCUT2D eigenvalue weighted by Crippen LogP contribution is -2.34. The predicted molar refractivity (Wildman–Crippen MR) is 80.6 cm³/mol. The van der Waals surface area contributed by atoms with Crippen LogP contribution >= 0.6 is 15.9 Å². The van der Waals surface area contributed by atoms with Crippen LogP contribution < -0.4 is 0 Å². The molecule has 0 saturated carbocycles. The number of nitrogens with zero attached hydrogens (tertiary/aromatic N) is 2. The summed E-state index contributed by atoms with van der Waals surface area (Å²) in [6.45, 7) is 7.38. The second kappa shape index (κ2) is 7.47. The van der Waals surface area contributed by atoms with Crippen LogP contribution in [0.2, 0.25) is 0 Å². The molecule has 5 nitrogen and oxygen atoms in total. The zero-order chi connectivity index (χ0) is 15.2. The smallest absolute Gasteiger partial charge is 0.410 e. The number of rotatable bonds is 0. The van der Waals surface area contributed by atoms with Crippen molar-refractivity contribution >= 4 is 22.0 Å². The molecule has 0 bridgehead atoms. The quantitative estimate of drug-likeness (QED) is 0.781. The number of aromatic hydroxyl groups is 1. The molecule has 1 saturated heterocycles. The number of likely N-dealkylation sites (tertiary alicyclic amines) is 1. The van der Waals surface area contributed by atoms with Crippen LogP contribution in [0.3, 0.4) is 0 Å². The SMILES string of the molecule is CC(C)(C)OC(=O)N1CCCC1.Oc1cncc(Br)c1. The van der Waals surface area contributed by atoms with Crippen molar-refractivity contribution in [3.05, 3.63) is 22.9 Å². The van der Waals surface area contributed by atoms with Gasteiger partial charge in [-0.3, -0.25) is 4.98 Å². The fourth-order valence-corrected chi connectivity index (χ4v) is 1.98. The van der Waals surface area contributed by atoms with Gasteiger partial charge in [-0.2, -0.15) is 0 Å². The first-order valence-corrected chi connectivity index (χ1v) is 7.35. The lowest BCUT2D eigenvalue weighted by atomic mass is 10.2. The van der Waals surface area contributed by atoms with Crippen molar-refractivity contribution in [2.24, 2.45) is 0 Å². The van der Waals surface area contributed by atoms with Gasteiger partial charge in [0.2, 0.25) is 0 Å². The van der Waals surface area contributed by atoms with Crippen molar-refractivity contribution in [1.82, 2.24) is 9.88 Å². The van der Waals surface area contributed by atoms with Gasteiger partial charge in [-0.15, -0.1) is 0 Å². The van der Waals surface area contributed by atoms with E-state index in [1.54, 1.807) is 17.2 Å². The summed E-state index contributed by atoms with van der Waals surface area (Å²) in [4.78, 5) is 16.8. The molecule has 1 N–H and O–H groups in total. The van der Waals surface area contributed by atoms with Gasteiger partial charge in [0.15, 0.2) is 0 Å². The Morgan fingerprint density at radius 3 is 2.35 bits per heavy atom. The molecule has 1 aliphatic rings. The van der Waals surface area contributed by atoms with Gasteiger partial charge in [0, 0.05) is 23.8 Å². The number of halogens is 1. The molecule has 6 heteroatoms. The molecule has 1 amide bonds. The van der Waals surface area contributed by atoms with E-state index in [2.05, 4.69) is 20.9 Å². The minimum atomic E-state index is -0.361. The molecule has 2 rings (SSSR count). The molecular weight excluding hydrogens is 324 g/mol. The van der Waals surface area contributed by atoms with Gasteiger partial charge in [0.1, 0.15) is 11.4 Å². The van der Waals surface area contributed by atoms with E-state index in [-0.39, 0.29) is 17.4 Å². The van der Waals surface area contributed by atoms with Crippen molar-refractivity contribution in [1.29, 1.82) is 0 Å². The van der Waals surface area contributed by atoms with Crippen molar-refractivity contribution < 1.29 is 14.6 Å². The minimum absolute atomic E-state index is 0.167. The van der Waals surface area contributed by atoms with Crippen LogP contribution in [0.15, 0.2) is 22.9 Å². The molecule has 1 aromatic heterocycles. The fraction of sp³-hybridized carbons (Fsp3) is 0.571. The van der Waals surface area contributed by atoms with E-state index in [1.165, 1.54) is 6.20 Å². The van der Waals surface area contributed by atoms with Crippen molar-refractivity contribution in [3.63, 3.8) is 0 Å². The number of carbonyl (C=O) groups is 1. The molecule has 0 radical (unpaired) electrons. The van der Waals surface area contributed by atoms with Crippen molar-refractivity contribution in [3.8, 4) is 5.75 Å². The third kappa shape index (κ3) is 6.75. The summed E-state index contributed by atoms with van der Waals surface area (Å²) in [7, 11) is 0. The Labute approximate surface area is 128 Å². The average Bonchev–Trinajstić information content (AvgIpc) is 2.80. The first kappa shape index (κ1) is 16.8. The number of aromatic nitrogens is 1. The summed E-state index contributed by atoms with van der Waals surface area (Å²) in [5, 5.41) is 8.72. The normalized spacial score (nSPS) is 14.5. The maximum Gasteiger partial charge on any atom is 0.410 e. The molecule has 1 aromatic rings. The average molecular weight is 345 g/mol. The summed E-state index contributed by atoms with van der Waals surface area (Å²) in [5.41, 5.74) is -0.361. The Bertz CT molecular complexity index is 423. The third-order valence-corrected chi connectivity index (χ3v) is 2.88. The maximum absolute atomic E-state index is 11.4. The molecular formula is C14H21BrN2O3. The minimum Gasteiger partial charge on any atom is -0.506 e. The summed E-state index contributed by atoms with van der Waals surface area (Å²) in [6, 6.07) is 1.58. The Morgan fingerprint density at radius 1 is 1.35 bits per heavy atom. The lowest BCUT2D eigenvalue weighted by molar-refractivity contribution is 0.0295. The van der Waals surface area contributed by atoms with Crippen LogP contribution in [0.1, 0.15) is 33.6 Å². The monoisotopic (exact) mass is 344 g/mol. The molecule has 0 aromatic carbocycles. The van der Waals surface area contributed by atoms with E-state index in [4.69, 9.17) is 9.84 Å². The summed E-state index contributed by atoms with van der Waals surface area (Å²) < 4.78 is 6.00. The van der Waals surface area contributed by atoms with E-state index in [1.807, 2.05) is 20.8 Å². The highest BCUT2D eigenvalue weighted by molar-refractivity contribution is 9.10. The van der Waals surface area contributed by atoms with Crippen LogP contribution in [-0.4, -0.2) is 39.8 Å². The molecule has 2 heterocycles. The van der Waals surface area contributed by atoms with E-state index in [9.17, 15) is 4.79 Å². The second-order valence-corrected chi connectivity index (χ2v) is 6.45. The molecule has 0 spiro atoms. The van der Waals surface area contributed by atoms with E-state index < -0.39 is 0 Å². The highest BCUT2D eigenvalue weighted by atomic mass is 79.9. The van der Waals surface area contributed by atoms with E-state index in [0.717, 1.165) is 30.4 Å². The summed E-state index contributed by atoms with van der Waals surface area (Å²) >= 11 is 3.14. The van der Waals surface area contributed by atoms with E-state index in [0.29, 0.717) is 0 Å². The van der Waals surface area contributed by atoms with Gasteiger partial charge >= 0.3 is 6.09 Å². The highest BCUT2D eigenvalue weighted by Gasteiger charge is 2.23. The van der Waals surface area contributed by atoms with Crippen molar-refractivity contribution in [2.75, 3.05) is 13.1 Å². The van der Waals surface area contributed by atoms with Crippen LogP contribution in [0, 0.1) is 0 Å². The van der Waals surface area contributed by atoms with Crippen LogP contribution in [-0.2, 0) is 4.74 Å². The van der Waals surface area contributed by atoms with E-state index >= 15 is 0 Å². The first-order chi connectivity index (χ1) is 9.28. The largest absolute Gasteiger partial charge is 0.506 e. The number of pyridine rings is 1. The summed E-state index contributed by atoms with van der Waals surface area (Å²) in [6.07, 6.45) is 5.04. The fourth-order valence-electron chi connectivity index (χ4n) is 1.63. The maximum atomic E-state index is 11.4. The van der Waals surface area contributed by atoms with Gasteiger partial charge in [0.25, 0.3) is 0 Å². The number of carbonyl (C=O) groups excluding carboxylic acids is 1. The Kier molecular flexibility index (Phi) is 6.26. The second-order valence-electron chi connectivity index (χ2n) is 5.54. The van der Waals surface area contributed by atoms with Gasteiger partial charge in [-0.1, -0.05) is 0 Å². The van der Waals surface area contributed by atoms with Gasteiger partial charge < -0.3 is 14.7 Å². The third-order valence-electron chi connectivity index (χ3n) is 2.45. The molecule has 0 unspecified atom stereocenters. The number of hydrogen-bond donors (Lipinski definition) is 1. The zero-order valence-electron chi connectivity index (χ0n) is 12.1. The molecule has 112 valence electrons. The first-order valence-electron chi connectivity index (χ1n) is 6.55. The van der Waals surface area contributed by atoms with Crippen LogP contribution in [0.5, 0.6) is 5.75 Å². The lowest BCUT2D eigenvalue weighted by Gasteiger charge is -2.23. The molecule has 20 heavy (non-hydrogen) atoms. The standard InChI is InChI=1S/C9H17NO2.C5H4BrNO/c1-9(2,3)12-8(11)10-6-4-5-7-10;6-4-1-5(8)3-7-2-4/h4-7H2,1-3H3;1-3,8H. The summed E-state index contributed by atoms with van der Waals surface area (Å²) in [5.74, 6) is 0.180. The number of ether oxygens (including phenoxy) is 1. The van der Waals surface area contributed by atoms with Gasteiger partial charge in [-0.25, -0.2) is 4.79 Å². The van der Waals surface area contributed by atoms with Crippen molar-refractivity contribution in [2.45, 2.75) is 39.2 Å². The molecule has 1 aliphatic heterocycles. The molecule has 0 aliphatic carbocycles. The number of amides is 1. The topological polar surface area (TPSA) is 62.7 Å². The van der Waals surface area contributed by atoms with Gasteiger partial charge in [-0.05, 0) is 55.6 Å². The number of hydrogen-bond acceptors (Lipinski definition) is 4. The van der Waals surface area contributed by atoms with Gasteiger partial charge in [0.05, 0.1) is 6.20 Å². The Balaban J connectivity index is 0.000000217. The van der Waals surface area contributed by atoms with Crippen LogP contribution in [0.25, 0.3) is 0 Å². The van der Waals surface area contributed by atoms with Crippen LogP contribution in [0.4, 0.5) is 4.79 Å². The Morgan fingerprint density at radius 2 is 1.95 bits per heavy atom. The molecule has 1 fully saturated rings. The Hall–Kier alpha value is -1.30. The molecule has 0 atom stereocenters. The highest BCUT2D eigenvalue weighted by Crippen LogP contribution is 2.14. The zero-order valence-corrected chi connectivity index (χ0v) is 13.7. The predicted octanol–water partition coefficient (Wildman–Crippen LogP) is 3.57.